The fraction of sp³-hybridized carbons (Fsp3) is 0.788. The van der Waals surface area contributed by atoms with Crippen LogP contribution in [0.4, 0.5) is 0 Å². The van der Waals surface area contributed by atoms with Crippen molar-refractivity contribution in [2.24, 2.45) is 0 Å². The van der Waals surface area contributed by atoms with E-state index in [0.29, 0.717) is 19.3 Å². The Balaban J connectivity index is 4.41. The number of ether oxygens (including phenoxy) is 3. The number of carbonyl (C=O) groups excluding carboxylic acids is 3. The molecule has 0 aliphatic rings. The first-order chi connectivity index (χ1) is 28.5. The second-order valence-electron chi connectivity index (χ2n) is 16.4. The highest BCUT2D eigenvalue weighted by atomic mass is 16.6. The zero-order chi connectivity index (χ0) is 42.3. The summed E-state index contributed by atoms with van der Waals surface area (Å²) in [5.41, 5.74) is 0. The fourth-order valence-corrected chi connectivity index (χ4v) is 6.74. The maximum atomic E-state index is 12.8. The molecule has 0 aromatic heterocycles. The van der Waals surface area contributed by atoms with Crippen LogP contribution in [0.3, 0.4) is 0 Å². The lowest BCUT2D eigenvalue weighted by atomic mass is 10.1. The predicted octanol–water partition coefficient (Wildman–Crippen LogP) is 15.9. The first-order valence-corrected chi connectivity index (χ1v) is 24.6. The van der Waals surface area contributed by atoms with Crippen LogP contribution in [0.2, 0.25) is 0 Å². The molecule has 1 unspecified atom stereocenters. The molecule has 0 aromatic rings. The molecular weight excluding hydrogens is 721 g/mol. The molecule has 0 fully saturated rings. The monoisotopic (exact) mass is 813 g/mol. The molecule has 1 atom stereocenters. The van der Waals surface area contributed by atoms with E-state index in [9.17, 15) is 14.4 Å². The van der Waals surface area contributed by atoms with Crippen LogP contribution in [0.1, 0.15) is 245 Å². The molecule has 58 heavy (non-hydrogen) atoms. The summed E-state index contributed by atoms with van der Waals surface area (Å²) >= 11 is 0. The largest absolute Gasteiger partial charge is 0.462 e. The maximum Gasteiger partial charge on any atom is 0.306 e. The predicted molar refractivity (Wildman–Crippen MR) is 247 cm³/mol. The zero-order valence-electron chi connectivity index (χ0n) is 38.3. The molecule has 6 nitrogen and oxygen atoms in total. The van der Waals surface area contributed by atoms with E-state index >= 15 is 0 Å². The average Bonchev–Trinajstić information content (AvgIpc) is 3.22. The summed E-state index contributed by atoms with van der Waals surface area (Å²) in [6.07, 6.45) is 55.1. The third-order valence-corrected chi connectivity index (χ3v) is 10.5. The summed E-state index contributed by atoms with van der Waals surface area (Å²) in [6, 6.07) is 0. The standard InChI is InChI=1S/C52H92O6/c1-4-7-10-13-16-19-22-24-26-28-30-33-36-39-42-45-51(54)57-48-49(47-56-50(53)44-41-38-35-32-29-21-18-15-12-9-6-3)58-52(55)46-43-40-37-34-31-27-25-23-20-17-14-11-8-5-2/h15-16,18-19,23-26,49H,4-14,17,20-22,27-48H2,1-3H3/b18-15-,19-16-,25-23-,26-24-. The van der Waals surface area contributed by atoms with E-state index in [1.54, 1.807) is 0 Å². The van der Waals surface area contributed by atoms with Crippen molar-refractivity contribution < 1.29 is 28.6 Å². The van der Waals surface area contributed by atoms with Crippen molar-refractivity contribution in [3.05, 3.63) is 48.6 Å². The van der Waals surface area contributed by atoms with Gasteiger partial charge < -0.3 is 14.2 Å². The Hall–Kier alpha value is -2.63. The molecule has 0 heterocycles. The van der Waals surface area contributed by atoms with Gasteiger partial charge in [-0.1, -0.05) is 179 Å². The lowest BCUT2D eigenvalue weighted by Crippen LogP contribution is -2.30. The van der Waals surface area contributed by atoms with Crippen LogP contribution in [0.25, 0.3) is 0 Å². The maximum absolute atomic E-state index is 12.8. The van der Waals surface area contributed by atoms with Crippen LogP contribution in [0.15, 0.2) is 48.6 Å². The van der Waals surface area contributed by atoms with Gasteiger partial charge in [0.1, 0.15) is 13.2 Å². The molecule has 0 bridgehead atoms. The summed E-state index contributed by atoms with van der Waals surface area (Å²) in [7, 11) is 0. The molecule has 6 heteroatoms. The van der Waals surface area contributed by atoms with E-state index in [0.717, 1.165) is 96.3 Å². The Labute approximate surface area is 358 Å². The lowest BCUT2D eigenvalue weighted by molar-refractivity contribution is -0.167. The molecular formula is C52H92O6. The first kappa shape index (κ1) is 55.4. The fourth-order valence-electron chi connectivity index (χ4n) is 6.74. The van der Waals surface area contributed by atoms with Crippen molar-refractivity contribution >= 4 is 17.9 Å². The van der Waals surface area contributed by atoms with Gasteiger partial charge in [0.05, 0.1) is 0 Å². The van der Waals surface area contributed by atoms with Gasteiger partial charge in [-0.25, -0.2) is 0 Å². The number of esters is 3. The first-order valence-electron chi connectivity index (χ1n) is 24.6. The summed E-state index contributed by atoms with van der Waals surface area (Å²) in [5, 5.41) is 0. The van der Waals surface area contributed by atoms with Crippen molar-refractivity contribution in [1.29, 1.82) is 0 Å². The van der Waals surface area contributed by atoms with Crippen LogP contribution in [0.5, 0.6) is 0 Å². The Kier molecular flexibility index (Phi) is 44.9. The number of rotatable bonds is 44. The van der Waals surface area contributed by atoms with Crippen molar-refractivity contribution in [3.63, 3.8) is 0 Å². The minimum absolute atomic E-state index is 0.0851. The highest BCUT2D eigenvalue weighted by Gasteiger charge is 2.19. The van der Waals surface area contributed by atoms with Crippen LogP contribution >= 0.6 is 0 Å². The average molecular weight is 813 g/mol. The Morgan fingerprint density at radius 3 is 1.05 bits per heavy atom. The molecule has 0 aliphatic carbocycles. The van der Waals surface area contributed by atoms with E-state index in [4.69, 9.17) is 14.2 Å². The zero-order valence-corrected chi connectivity index (χ0v) is 38.3. The van der Waals surface area contributed by atoms with E-state index in [1.165, 1.54) is 109 Å². The highest BCUT2D eigenvalue weighted by molar-refractivity contribution is 5.71. The van der Waals surface area contributed by atoms with Crippen molar-refractivity contribution in [3.8, 4) is 0 Å². The number of carbonyl (C=O) groups is 3. The summed E-state index contributed by atoms with van der Waals surface area (Å²) < 4.78 is 16.7. The van der Waals surface area contributed by atoms with Gasteiger partial charge in [0.15, 0.2) is 6.10 Å². The second-order valence-corrected chi connectivity index (χ2v) is 16.4. The topological polar surface area (TPSA) is 78.9 Å². The van der Waals surface area contributed by atoms with Gasteiger partial charge in [0, 0.05) is 19.3 Å². The molecule has 0 radical (unpaired) electrons. The quantitative estimate of drug-likeness (QED) is 0.0264. The van der Waals surface area contributed by atoms with Crippen LogP contribution in [-0.2, 0) is 28.6 Å². The summed E-state index contributed by atoms with van der Waals surface area (Å²) in [6.45, 7) is 6.54. The Morgan fingerprint density at radius 2 is 0.638 bits per heavy atom. The van der Waals surface area contributed by atoms with Gasteiger partial charge in [0.2, 0.25) is 0 Å². The lowest BCUT2D eigenvalue weighted by Gasteiger charge is -2.18. The van der Waals surface area contributed by atoms with Gasteiger partial charge in [0.25, 0.3) is 0 Å². The Morgan fingerprint density at radius 1 is 0.345 bits per heavy atom. The van der Waals surface area contributed by atoms with Crippen molar-refractivity contribution in [2.75, 3.05) is 13.2 Å². The van der Waals surface area contributed by atoms with Crippen LogP contribution in [-0.4, -0.2) is 37.2 Å². The molecule has 0 rings (SSSR count). The van der Waals surface area contributed by atoms with Crippen molar-refractivity contribution in [2.45, 2.75) is 252 Å². The molecule has 0 aliphatic heterocycles. The third kappa shape index (κ3) is 44.5. The number of unbranched alkanes of at least 4 members (excludes halogenated alkanes) is 25. The Bertz CT molecular complexity index is 1030. The molecule has 0 aromatic carbocycles. The van der Waals surface area contributed by atoms with E-state index in [1.807, 2.05) is 0 Å². The third-order valence-electron chi connectivity index (χ3n) is 10.5. The second kappa shape index (κ2) is 47.1. The smallest absolute Gasteiger partial charge is 0.306 e. The van der Waals surface area contributed by atoms with E-state index < -0.39 is 6.10 Å². The summed E-state index contributed by atoms with van der Waals surface area (Å²) in [5.74, 6) is -0.914. The normalized spacial score (nSPS) is 12.4. The number of hydrogen-bond donors (Lipinski definition) is 0. The van der Waals surface area contributed by atoms with Gasteiger partial charge >= 0.3 is 17.9 Å². The minimum Gasteiger partial charge on any atom is -0.462 e. The van der Waals surface area contributed by atoms with Crippen molar-refractivity contribution in [1.82, 2.24) is 0 Å². The molecule has 0 saturated heterocycles. The highest BCUT2D eigenvalue weighted by Crippen LogP contribution is 2.13. The van der Waals surface area contributed by atoms with Gasteiger partial charge in [-0.15, -0.1) is 0 Å². The van der Waals surface area contributed by atoms with E-state index in [-0.39, 0.29) is 31.1 Å². The molecule has 0 N–H and O–H groups in total. The SMILES string of the molecule is CCCC/C=C\CCCCCCCC(=O)OCC(COC(=O)CCCCCCC/C=C\C/C=C\CCCCC)OC(=O)CCCCCCC/C=C\CCCCCCC. The molecule has 0 saturated carbocycles. The number of allylic oxidation sites excluding steroid dienone is 8. The molecule has 0 amide bonds. The molecule has 336 valence electrons. The van der Waals surface area contributed by atoms with Crippen LogP contribution in [0, 0.1) is 0 Å². The van der Waals surface area contributed by atoms with E-state index in [2.05, 4.69) is 69.4 Å². The van der Waals surface area contributed by atoms with Gasteiger partial charge in [-0.3, -0.25) is 14.4 Å². The van der Waals surface area contributed by atoms with Gasteiger partial charge in [-0.05, 0) is 96.3 Å². The minimum atomic E-state index is -0.784. The number of hydrogen-bond acceptors (Lipinski definition) is 6. The van der Waals surface area contributed by atoms with Crippen LogP contribution < -0.4 is 0 Å². The van der Waals surface area contributed by atoms with Gasteiger partial charge in [-0.2, -0.15) is 0 Å². The molecule has 0 spiro atoms. The summed E-state index contributed by atoms with van der Waals surface area (Å²) in [4.78, 5) is 37.8.